The largest absolute Gasteiger partial charge is 0.481 e. The van der Waals surface area contributed by atoms with Crippen LogP contribution in [-0.4, -0.2) is 45.5 Å². The van der Waals surface area contributed by atoms with Crippen molar-refractivity contribution >= 4 is 17.8 Å². The molecule has 0 aliphatic heterocycles. The molecule has 2 N–H and O–H groups in total. The molecule has 108 valence electrons. The molecule has 0 fully saturated rings. The molecule has 0 saturated heterocycles. The summed E-state index contributed by atoms with van der Waals surface area (Å²) in [5.74, 6) is -3.58. The SMILES string of the molecule is CC(CN(C(=O)c1ccccc1)C(C)C(=O)O)C(=O)O. The third kappa shape index (κ3) is 3.81. The molecule has 0 spiro atoms. The van der Waals surface area contributed by atoms with Crippen molar-refractivity contribution in [3.05, 3.63) is 35.9 Å². The molecule has 1 aromatic carbocycles. The van der Waals surface area contributed by atoms with Crippen molar-refractivity contribution in [2.75, 3.05) is 6.54 Å². The Morgan fingerprint density at radius 3 is 2.05 bits per heavy atom. The van der Waals surface area contributed by atoms with Crippen LogP contribution >= 0.6 is 0 Å². The molecule has 1 amide bonds. The maximum Gasteiger partial charge on any atom is 0.326 e. The summed E-state index contributed by atoms with van der Waals surface area (Å²) in [5.41, 5.74) is 0.332. The lowest BCUT2D eigenvalue weighted by atomic mass is 10.1. The summed E-state index contributed by atoms with van der Waals surface area (Å²) in [7, 11) is 0. The van der Waals surface area contributed by atoms with E-state index in [-0.39, 0.29) is 6.54 Å². The Labute approximate surface area is 116 Å². The van der Waals surface area contributed by atoms with Gasteiger partial charge in [0.2, 0.25) is 0 Å². The maximum absolute atomic E-state index is 12.3. The minimum absolute atomic E-state index is 0.156. The number of hydrogen-bond acceptors (Lipinski definition) is 3. The van der Waals surface area contributed by atoms with Crippen LogP contribution in [0.3, 0.4) is 0 Å². The van der Waals surface area contributed by atoms with E-state index in [0.29, 0.717) is 5.56 Å². The highest BCUT2D eigenvalue weighted by Crippen LogP contribution is 2.12. The molecule has 2 atom stereocenters. The predicted molar refractivity (Wildman–Crippen MR) is 71.4 cm³/mol. The van der Waals surface area contributed by atoms with Crippen LogP contribution in [0.15, 0.2) is 30.3 Å². The van der Waals surface area contributed by atoms with E-state index in [0.717, 1.165) is 4.90 Å². The lowest BCUT2D eigenvalue weighted by Crippen LogP contribution is -2.46. The van der Waals surface area contributed by atoms with Gasteiger partial charge >= 0.3 is 11.9 Å². The van der Waals surface area contributed by atoms with Crippen LogP contribution in [-0.2, 0) is 9.59 Å². The molecule has 0 saturated carbocycles. The minimum atomic E-state index is -1.17. The van der Waals surface area contributed by atoms with Crippen molar-refractivity contribution in [1.29, 1.82) is 0 Å². The van der Waals surface area contributed by atoms with Gasteiger partial charge < -0.3 is 15.1 Å². The van der Waals surface area contributed by atoms with Gasteiger partial charge in [0.15, 0.2) is 0 Å². The topological polar surface area (TPSA) is 94.9 Å². The van der Waals surface area contributed by atoms with E-state index < -0.39 is 29.8 Å². The van der Waals surface area contributed by atoms with Crippen molar-refractivity contribution in [3.63, 3.8) is 0 Å². The fourth-order valence-electron chi connectivity index (χ4n) is 1.67. The normalized spacial score (nSPS) is 13.3. The molecule has 6 nitrogen and oxygen atoms in total. The highest BCUT2D eigenvalue weighted by atomic mass is 16.4. The monoisotopic (exact) mass is 279 g/mol. The van der Waals surface area contributed by atoms with Gasteiger partial charge in [-0.25, -0.2) is 4.79 Å². The molecule has 0 aliphatic rings. The molecular formula is C14H17NO5. The lowest BCUT2D eigenvalue weighted by Gasteiger charge is -2.28. The second-order valence-corrected chi connectivity index (χ2v) is 4.58. The molecule has 0 aromatic heterocycles. The van der Waals surface area contributed by atoms with Crippen LogP contribution in [0.25, 0.3) is 0 Å². The van der Waals surface area contributed by atoms with Crippen LogP contribution in [0.2, 0.25) is 0 Å². The number of amides is 1. The van der Waals surface area contributed by atoms with Crippen molar-refractivity contribution < 1.29 is 24.6 Å². The number of benzene rings is 1. The van der Waals surface area contributed by atoms with Crippen molar-refractivity contribution in [2.24, 2.45) is 5.92 Å². The second kappa shape index (κ2) is 6.70. The molecule has 1 aromatic rings. The van der Waals surface area contributed by atoms with E-state index in [1.165, 1.54) is 13.8 Å². The zero-order valence-corrected chi connectivity index (χ0v) is 11.3. The number of hydrogen-bond donors (Lipinski definition) is 2. The van der Waals surface area contributed by atoms with Gasteiger partial charge in [-0.05, 0) is 19.1 Å². The van der Waals surface area contributed by atoms with Crippen LogP contribution < -0.4 is 0 Å². The third-order valence-corrected chi connectivity index (χ3v) is 3.00. The number of aliphatic carboxylic acids is 2. The Morgan fingerprint density at radius 2 is 1.60 bits per heavy atom. The minimum Gasteiger partial charge on any atom is -0.481 e. The van der Waals surface area contributed by atoms with E-state index in [4.69, 9.17) is 10.2 Å². The van der Waals surface area contributed by atoms with Gasteiger partial charge in [-0.3, -0.25) is 9.59 Å². The molecule has 6 heteroatoms. The van der Waals surface area contributed by atoms with Gasteiger partial charge in [0, 0.05) is 12.1 Å². The summed E-state index contributed by atoms with van der Waals surface area (Å²) < 4.78 is 0. The average molecular weight is 279 g/mol. The second-order valence-electron chi connectivity index (χ2n) is 4.58. The number of nitrogens with zero attached hydrogens (tertiary/aromatic N) is 1. The van der Waals surface area contributed by atoms with Crippen LogP contribution in [0.4, 0.5) is 0 Å². The van der Waals surface area contributed by atoms with E-state index >= 15 is 0 Å². The smallest absolute Gasteiger partial charge is 0.326 e. The molecule has 20 heavy (non-hydrogen) atoms. The Balaban J connectivity index is 3.01. The van der Waals surface area contributed by atoms with E-state index in [1.54, 1.807) is 30.3 Å². The van der Waals surface area contributed by atoms with Crippen molar-refractivity contribution in [1.82, 2.24) is 4.90 Å². The third-order valence-electron chi connectivity index (χ3n) is 3.00. The van der Waals surface area contributed by atoms with Gasteiger partial charge in [-0.1, -0.05) is 25.1 Å². The molecule has 0 bridgehead atoms. The van der Waals surface area contributed by atoms with Crippen molar-refractivity contribution in [2.45, 2.75) is 19.9 Å². The zero-order chi connectivity index (χ0) is 15.3. The summed E-state index contributed by atoms with van der Waals surface area (Å²) >= 11 is 0. The maximum atomic E-state index is 12.3. The number of carbonyl (C=O) groups excluding carboxylic acids is 1. The number of carboxylic acids is 2. The summed E-state index contributed by atoms with van der Waals surface area (Å²) in [6, 6.07) is 7.10. The Bertz CT molecular complexity index is 500. The van der Waals surface area contributed by atoms with E-state index in [9.17, 15) is 14.4 Å². The number of carbonyl (C=O) groups is 3. The Kier molecular flexibility index (Phi) is 5.25. The first-order chi connectivity index (χ1) is 9.34. The molecule has 0 aliphatic carbocycles. The fraction of sp³-hybridized carbons (Fsp3) is 0.357. The first-order valence-corrected chi connectivity index (χ1v) is 6.16. The van der Waals surface area contributed by atoms with Gasteiger partial charge in [0.25, 0.3) is 5.91 Å². The lowest BCUT2D eigenvalue weighted by molar-refractivity contribution is -0.145. The zero-order valence-electron chi connectivity index (χ0n) is 11.3. The first-order valence-electron chi connectivity index (χ1n) is 6.16. The summed E-state index contributed by atoms with van der Waals surface area (Å²) in [6.07, 6.45) is 0. The Hall–Kier alpha value is -2.37. The van der Waals surface area contributed by atoms with Crippen molar-refractivity contribution in [3.8, 4) is 0 Å². The van der Waals surface area contributed by atoms with Gasteiger partial charge in [-0.15, -0.1) is 0 Å². The van der Waals surface area contributed by atoms with E-state index in [2.05, 4.69) is 0 Å². The fourth-order valence-corrected chi connectivity index (χ4v) is 1.67. The van der Waals surface area contributed by atoms with Gasteiger partial charge in [-0.2, -0.15) is 0 Å². The average Bonchev–Trinajstić information content (AvgIpc) is 2.43. The first kappa shape index (κ1) is 15.7. The summed E-state index contributed by atoms with van der Waals surface area (Å²) in [6.45, 7) is 2.64. The highest BCUT2D eigenvalue weighted by molar-refractivity contribution is 5.96. The van der Waals surface area contributed by atoms with Gasteiger partial charge in [0.05, 0.1) is 5.92 Å². The summed E-state index contributed by atoms with van der Waals surface area (Å²) in [5, 5.41) is 18.0. The quantitative estimate of drug-likeness (QED) is 0.819. The molecule has 0 heterocycles. The molecule has 0 radical (unpaired) electrons. The van der Waals surface area contributed by atoms with Crippen LogP contribution in [0.5, 0.6) is 0 Å². The summed E-state index contributed by atoms with van der Waals surface area (Å²) in [4.78, 5) is 35.4. The van der Waals surface area contributed by atoms with Crippen LogP contribution in [0.1, 0.15) is 24.2 Å². The molecule has 1 rings (SSSR count). The highest BCUT2D eigenvalue weighted by Gasteiger charge is 2.29. The Morgan fingerprint density at radius 1 is 1.05 bits per heavy atom. The van der Waals surface area contributed by atoms with E-state index in [1.807, 2.05) is 0 Å². The van der Waals surface area contributed by atoms with Crippen LogP contribution in [0, 0.1) is 5.92 Å². The molecular weight excluding hydrogens is 262 g/mol. The molecule has 2 unspecified atom stereocenters. The number of carboxylic acid groups (broad SMARTS) is 2. The number of rotatable bonds is 6. The predicted octanol–water partition coefficient (Wildman–Crippen LogP) is 1.32. The standard InChI is InChI=1S/C14H17NO5/c1-9(13(17)18)8-15(10(2)14(19)20)12(16)11-6-4-3-5-7-11/h3-7,9-10H,8H2,1-2H3,(H,17,18)(H,19,20). The van der Waals surface area contributed by atoms with Gasteiger partial charge in [0.1, 0.15) is 6.04 Å².